The second-order valence-electron chi connectivity index (χ2n) is 9.69. The zero-order chi connectivity index (χ0) is 23.8. The molecule has 3 heterocycles. The number of ether oxygens (including phenoxy) is 1. The molecule has 0 unspecified atom stereocenters. The van der Waals surface area contributed by atoms with E-state index in [0.717, 1.165) is 36.9 Å². The standard InChI is InChI=1S/C26H31FN4O3/c1-15-24(30-23-8-6-19(27)14-28-23)21-13-18(26(33)29-20-9-11-34-12-10-20)5-7-22(21)31(16(2)32)25(15)17-3-4-17/h5-8,13-15,17,20,24-25H,3-4,9-12H2,1-2H3,(H,28,30)(H,29,33)/t15-,24-,25-/m1/s1. The number of halogens is 1. The van der Waals surface area contributed by atoms with Gasteiger partial charge in [0.25, 0.3) is 5.91 Å². The van der Waals surface area contributed by atoms with Crippen LogP contribution in [-0.2, 0) is 9.53 Å². The van der Waals surface area contributed by atoms with Gasteiger partial charge in [0, 0.05) is 49.4 Å². The number of pyridine rings is 1. The van der Waals surface area contributed by atoms with E-state index < -0.39 is 5.82 Å². The molecule has 5 rings (SSSR count). The molecule has 3 aliphatic rings. The highest BCUT2D eigenvalue weighted by Gasteiger charge is 2.47. The van der Waals surface area contributed by atoms with Crippen molar-refractivity contribution in [2.24, 2.45) is 11.8 Å². The summed E-state index contributed by atoms with van der Waals surface area (Å²) in [5, 5.41) is 6.59. The molecule has 180 valence electrons. The first kappa shape index (κ1) is 22.8. The predicted molar refractivity (Wildman–Crippen MR) is 127 cm³/mol. The van der Waals surface area contributed by atoms with E-state index in [2.05, 4.69) is 22.5 Å². The first-order chi connectivity index (χ1) is 16.4. The van der Waals surface area contributed by atoms with Gasteiger partial charge < -0.3 is 20.3 Å². The van der Waals surface area contributed by atoms with Crippen molar-refractivity contribution in [3.63, 3.8) is 0 Å². The minimum atomic E-state index is -0.395. The van der Waals surface area contributed by atoms with Gasteiger partial charge in [-0.25, -0.2) is 9.37 Å². The number of carbonyl (C=O) groups is 2. The van der Waals surface area contributed by atoms with Crippen molar-refractivity contribution in [2.45, 2.75) is 57.7 Å². The Labute approximate surface area is 199 Å². The summed E-state index contributed by atoms with van der Waals surface area (Å²) in [6.45, 7) is 5.05. The molecule has 1 aromatic heterocycles. The summed E-state index contributed by atoms with van der Waals surface area (Å²) in [5.41, 5.74) is 2.26. The van der Waals surface area contributed by atoms with Crippen LogP contribution in [0.5, 0.6) is 0 Å². The van der Waals surface area contributed by atoms with Gasteiger partial charge in [0.05, 0.1) is 12.2 Å². The van der Waals surface area contributed by atoms with Crippen molar-refractivity contribution in [3.8, 4) is 0 Å². The van der Waals surface area contributed by atoms with Gasteiger partial charge in [0.1, 0.15) is 11.6 Å². The lowest BCUT2D eigenvalue weighted by Crippen LogP contribution is -2.51. The minimum absolute atomic E-state index is 0.00256. The second kappa shape index (κ2) is 9.33. The molecular formula is C26H31FN4O3. The Balaban J connectivity index is 1.51. The number of benzene rings is 1. The van der Waals surface area contributed by atoms with E-state index in [0.29, 0.717) is 30.5 Å². The van der Waals surface area contributed by atoms with Crippen LogP contribution in [0, 0.1) is 17.7 Å². The maximum absolute atomic E-state index is 13.4. The molecule has 1 saturated heterocycles. The van der Waals surface area contributed by atoms with Crippen molar-refractivity contribution < 1.29 is 18.7 Å². The average Bonchev–Trinajstić information content (AvgIpc) is 3.67. The van der Waals surface area contributed by atoms with E-state index in [9.17, 15) is 14.0 Å². The molecule has 0 bridgehead atoms. The van der Waals surface area contributed by atoms with Gasteiger partial charge in [-0.3, -0.25) is 9.59 Å². The van der Waals surface area contributed by atoms with Crippen LogP contribution in [0.25, 0.3) is 0 Å². The summed E-state index contributed by atoms with van der Waals surface area (Å²) in [6, 6.07) is 8.56. The number of nitrogens with zero attached hydrogens (tertiary/aromatic N) is 2. The van der Waals surface area contributed by atoms with Gasteiger partial charge in [-0.1, -0.05) is 6.92 Å². The van der Waals surface area contributed by atoms with Gasteiger partial charge in [-0.2, -0.15) is 0 Å². The Morgan fingerprint density at radius 2 is 1.88 bits per heavy atom. The Hall–Kier alpha value is -3.00. The van der Waals surface area contributed by atoms with E-state index in [1.165, 1.54) is 12.3 Å². The maximum atomic E-state index is 13.4. The third-order valence-corrected chi connectivity index (χ3v) is 7.28. The maximum Gasteiger partial charge on any atom is 0.251 e. The number of fused-ring (bicyclic) bond motifs is 1. The lowest BCUT2D eigenvalue weighted by Gasteiger charge is -2.46. The van der Waals surface area contributed by atoms with Gasteiger partial charge in [0.2, 0.25) is 5.91 Å². The molecule has 7 nitrogen and oxygen atoms in total. The molecule has 2 aliphatic heterocycles. The quantitative estimate of drug-likeness (QED) is 0.694. The molecule has 2 fully saturated rings. The van der Waals surface area contributed by atoms with Gasteiger partial charge in [-0.05, 0) is 67.5 Å². The number of nitrogens with one attached hydrogen (secondary N) is 2. The minimum Gasteiger partial charge on any atom is -0.381 e. The molecule has 0 spiro atoms. The number of hydrogen-bond acceptors (Lipinski definition) is 5. The predicted octanol–water partition coefficient (Wildman–Crippen LogP) is 4.06. The topological polar surface area (TPSA) is 83.6 Å². The number of anilines is 2. The van der Waals surface area contributed by atoms with Crippen LogP contribution < -0.4 is 15.5 Å². The molecule has 8 heteroatoms. The molecule has 0 radical (unpaired) electrons. The van der Waals surface area contributed by atoms with E-state index >= 15 is 0 Å². The molecule has 34 heavy (non-hydrogen) atoms. The van der Waals surface area contributed by atoms with E-state index in [4.69, 9.17) is 4.74 Å². The van der Waals surface area contributed by atoms with Crippen LogP contribution in [0.2, 0.25) is 0 Å². The van der Waals surface area contributed by atoms with Crippen molar-refractivity contribution >= 4 is 23.3 Å². The van der Waals surface area contributed by atoms with Gasteiger partial charge in [-0.15, -0.1) is 0 Å². The Bertz CT molecular complexity index is 1070. The van der Waals surface area contributed by atoms with Crippen molar-refractivity contribution in [1.29, 1.82) is 0 Å². The largest absolute Gasteiger partial charge is 0.381 e. The number of carbonyl (C=O) groups excluding carboxylic acids is 2. The van der Waals surface area contributed by atoms with Gasteiger partial charge in [0.15, 0.2) is 0 Å². The van der Waals surface area contributed by atoms with E-state index in [1.54, 1.807) is 19.1 Å². The van der Waals surface area contributed by atoms with Crippen molar-refractivity contribution in [3.05, 3.63) is 53.5 Å². The molecule has 1 aromatic carbocycles. The molecule has 1 aliphatic carbocycles. The lowest BCUT2D eigenvalue weighted by atomic mass is 9.79. The van der Waals surface area contributed by atoms with Crippen LogP contribution in [0.15, 0.2) is 36.5 Å². The molecule has 2 aromatic rings. The zero-order valence-electron chi connectivity index (χ0n) is 19.6. The summed E-state index contributed by atoms with van der Waals surface area (Å²) in [6.07, 6.45) is 4.99. The molecule has 3 atom stereocenters. The number of aromatic nitrogens is 1. The number of hydrogen-bond donors (Lipinski definition) is 2. The molecule has 1 saturated carbocycles. The van der Waals surface area contributed by atoms with E-state index in [-0.39, 0.29) is 35.9 Å². The third kappa shape index (κ3) is 4.51. The summed E-state index contributed by atoms with van der Waals surface area (Å²) >= 11 is 0. The number of rotatable bonds is 5. The van der Waals surface area contributed by atoms with Gasteiger partial charge >= 0.3 is 0 Å². The van der Waals surface area contributed by atoms with Crippen LogP contribution in [0.1, 0.15) is 61.5 Å². The van der Waals surface area contributed by atoms with Crippen LogP contribution in [0.3, 0.4) is 0 Å². The van der Waals surface area contributed by atoms with Crippen LogP contribution in [-0.4, -0.2) is 42.1 Å². The van der Waals surface area contributed by atoms with Crippen molar-refractivity contribution in [1.82, 2.24) is 10.3 Å². The highest BCUT2D eigenvalue weighted by atomic mass is 19.1. The van der Waals surface area contributed by atoms with Crippen LogP contribution >= 0.6 is 0 Å². The summed E-state index contributed by atoms with van der Waals surface area (Å²) in [4.78, 5) is 32.0. The zero-order valence-corrected chi connectivity index (χ0v) is 19.6. The Kier molecular flexibility index (Phi) is 6.25. The fraction of sp³-hybridized carbons (Fsp3) is 0.500. The second-order valence-corrected chi connectivity index (χ2v) is 9.69. The monoisotopic (exact) mass is 466 g/mol. The highest BCUT2D eigenvalue weighted by Crippen LogP contribution is 2.50. The summed E-state index contributed by atoms with van der Waals surface area (Å²) < 4.78 is 18.8. The fourth-order valence-corrected chi connectivity index (χ4v) is 5.44. The Morgan fingerprint density at radius 3 is 2.53 bits per heavy atom. The summed E-state index contributed by atoms with van der Waals surface area (Å²) in [5.74, 6) is 0.571. The number of amides is 2. The SMILES string of the molecule is CC(=O)N1c2ccc(C(=O)NC3CCOCC3)cc2[C@H](Nc2ccc(F)cn2)[C@@H](C)[C@@H]1C1CC1. The molecular weight excluding hydrogens is 435 g/mol. The fourth-order valence-electron chi connectivity index (χ4n) is 5.44. The highest BCUT2D eigenvalue weighted by molar-refractivity contribution is 5.98. The average molecular weight is 467 g/mol. The van der Waals surface area contributed by atoms with Crippen LogP contribution in [0.4, 0.5) is 15.9 Å². The molecule has 2 N–H and O–H groups in total. The smallest absolute Gasteiger partial charge is 0.251 e. The lowest BCUT2D eigenvalue weighted by molar-refractivity contribution is -0.117. The Morgan fingerprint density at radius 1 is 1.12 bits per heavy atom. The molecule has 2 amide bonds. The van der Waals surface area contributed by atoms with E-state index in [1.807, 2.05) is 17.0 Å². The summed E-state index contributed by atoms with van der Waals surface area (Å²) in [7, 11) is 0. The normalized spacial score (nSPS) is 24.9. The first-order valence-electron chi connectivity index (χ1n) is 12.1. The first-order valence-corrected chi connectivity index (χ1v) is 12.1. The van der Waals surface area contributed by atoms with Crippen molar-refractivity contribution in [2.75, 3.05) is 23.4 Å². The third-order valence-electron chi connectivity index (χ3n) is 7.28.